The maximum Gasteiger partial charge on any atom is 0.326 e. The summed E-state index contributed by atoms with van der Waals surface area (Å²) in [6, 6.07) is -0.630. The van der Waals surface area contributed by atoms with Crippen molar-refractivity contribution in [2.24, 2.45) is 0 Å². The van der Waals surface area contributed by atoms with E-state index in [-0.39, 0.29) is 22.9 Å². The summed E-state index contributed by atoms with van der Waals surface area (Å²) in [7, 11) is 0. The molecule has 2 heterocycles. The number of carboxylic acid groups (broad SMARTS) is 2. The standard InChI is InChI=1S/C17H18FN7O7/c18-7-3-6(22-17(32)25-13-8(19)4-10(20)24-15(13)29)5-21-12(7)14(28)23-9(16(30)31)1-2-11(26)27/h3-5,9H,1-2H2,(H,23,28)(H,26,27)(H,30,31)(H2,22,25,32)(H5,19,20,24,29)/t9-/m0/s1. The number of rotatable bonds is 8. The van der Waals surface area contributed by atoms with Crippen molar-refractivity contribution in [3.63, 3.8) is 0 Å². The molecule has 0 radical (unpaired) electrons. The molecule has 15 heteroatoms. The summed E-state index contributed by atoms with van der Waals surface area (Å²) in [5.74, 6) is -5.20. The van der Waals surface area contributed by atoms with Crippen molar-refractivity contribution in [3.05, 3.63) is 40.2 Å². The molecule has 10 N–H and O–H groups in total. The first-order chi connectivity index (χ1) is 15.0. The molecule has 0 saturated carbocycles. The average Bonchev–Trinajstić information content (AvgIpc) is 2.67. The van der Waals surface area contributed by atoms with Crippen LogP contribution in [0.15, 0.2) is 23.1 Å². The molecular weight excluding hydrogens is 433 g/mol. The number of aromatic nitrogens is 2. The summed E-state index contributed by atoms with van der Waals surface area (Å²) in [4.78, 5) is 63.4. The average molecular weight is 451 g/mol. The summed E-state index contributed by atoms with van der Waals surface area (Å²) in [5, 5.41) is 24.0. The van der Waals surface area contributed by atoms with E-state index in [0.29, 0.717) is 0 Å². The van der Waals surface area contributed by atoms with Gasteiger partial charge in [-0.2, -0.15) is 0 Å². The number of aromatic amines is 1. The van der Waals surface area contributed by atoms with Crippen molar-refractivity contribution < 1.29 is 33.8 Å². The number of aliphatic carboxylic acids is 2. The quantitative estimate of drug-likeness (QED) is 0.262. The van der Waals surface area contributed by atoms with E-state index in [1.807, 2.05) is 5.32 Å². The zero-order valence-electron chi connectivity index (χ0n) is 16.1. The minimum Gasteiger partial charge on any atom is -0.481 e. The van der Waals surface area contributed by atoms with Gasteiger partial charge in [0.25, 0.3) is 11.5 Å². The molecule has 2 aromatic heterocycles. The number of carbonyl (C=O) groups excluding carboxylic acids is 2. The molecule has 0 saturated heterocycles. The Balaban J connectivity index is 2.08. The number of pyridine rings is 2. The van der Waals surface area contributed by atoms with E-state index < -0.39 is 59.8 Å². The highest BCUT2D eigenvalue weighted by Gasteiger charge is 2.24. The molecule has 0 fully saturated rings. The number of hydrogen-bond acceptors (Lipinski definition) is 8. The number of halogens is 1. The molecule has 170 valence electrons. The van der Waals surface area contributed by atoms with Crippen LogP contribution in [-0.2, 0) is 9.59 Å². The third-order valence-electron chi connectivity index (χ3n) is 3.89. The number of carboxylic acids is 2. The molecule has 2 rings (SSSR count). The van der Waals surface area contributed by atoms with Crippen molar-refractivity contribution in [1.82, 2.24) is 15.3 Å². The number of nitrogens with one attached hydrogen (secondary N) is 4. The highest BCUT2D eigenvalue weighted by atomic mass is 19.1. The van der Waals surface area contributed by atoms with Crippen molar-refractivity contribution in [2.75, 3.05) is 22.1 Å². The normalized spacial score (nSPS) is 11.3. The van der Waals surface area contributed by atoms with Gasteiger partial charge in [-0.3, -0.25) is 14.4 Å². The lowest BCUT2D eigenvalue weighted by Crippen LogP contribution is -2.41. The molecular formula is C17H18FN7O7. The van der Waals surface area contributed by atoms with Crippen molar-refractivity contribution in [2.45, 2.75) is 18.9 Å². The molecule has 32 heavy (non-hydrogen) atoms. The summed E-state index contributed by atoms with van der Waals surface area (Å²) in [6.07, 6.45) is -0.0567. The summed E-state index contributed by atoms with van der Waals surface area (Å²) < 4.78 is 14.3. The Kier molecular flexibility index (Phi) is 7.28. The first-order valence-corrected chi connectivity index (χ1v) is 8.75. The molecule has 2 aromatic rings. The minimum absolute atomic E-state index is 0.0216. The number of carbonyl (C=O) groups is 4. The maximum absolute atomic E-state index is 14.3. The molecule has 1 atom stereocenters. The summed E-state index contributed by atoms with van der Waals surface area (Å²) in [6.45, 7) is 0. The first kappa shape index (κ1) is 23.6. The van der Waals surface area contributed by atoms with Crippen LogP contribution in [0.2, 0.25) is 0 Å². The number of hydrogen-bond donors (Lipinski definition) is 8. The fourth-order valence-corrected chi connectivity index (χ4v) is 2.43. The minimum atomic E-state index is -1.58. The SMILES string of the molecule is Nc1cc(N)c(NC(=O)Nc2cnc(C(=O)N[C@@H](CCC(=O)O)C(=O)O)c(F)c2)c(=O)[nH]1. The van der Waals surface area contributed by atoms with E-state index in [1.165, 1.54) is 6.07 Å². The second-order valence-corrected chi connectivity index (χ2v) is 6.31. The molecule has 14 nitrogen and oxygen atoms in total. The van der Waals surface area contributed by atoms with E-state index in [1.54, 1.807) is 0 Å². The summed E-state index contributed by atoms with van der Waals surface area (Å²) in [5.41, 5.74) is 8.84. The Morgan fingerprint density at radius 2 is 1.84 bits per heavy atom. The Hall–Kier alpha value is -4.69. The maximum atomic E-state index is 14.3. The van der Waals surface area contributed by atoms with Crippen molar-refractivity contribution in [3.8, 4) is 0 Å². The monoisotopic (exact) mass is 451 g/mol. The zero-order chi connectivity index (χ0) is 24.0. The molecule has 3 amide bonds. The van der Waals surface area contributed by atoms with Gasteiger partial charge in [0.2, 0.25) is 0 Å². The number of nitrogens with two attached hydrogens (primary N) is 2. The third kappa shape index (κ3) is 6.15. The van der Waals surface area contributed by atoms with Crippen molar-refractivity contribution >= 4 is 46.8 Å². The first-order valence-electron chi connectivity index (χ1n) is 8.75. The van der Waals surface area contributed by atoms with Crippen LogP contribution < -0.4 is 33.0 Å². The number of amides is 3. The van der Waals surface area contributed by atoms with Crippen LogP contribution in [0, 0.1) is 5.82 Å². The number of nitrogen functional groups attached to an aromatic ring is 2. The largest absolute Gasteiger partial charge is 0.481 e. The Bertz CT molecular complexity index is 1130. The fraction of sp³-hybridized carbons (Fsp3) is 0.176. The number of anilines is 4. The van der Waals surface area contributed by atoms with Crippen LogP contribution in [-0.4, -0.2) is 50.1 Å². The lowest BCUT2D eigenvalue weighted by molar-refractivity contribution is -0.140. The Morgan fingerprint density at radius 3 is 2.41 bits per heavy atom. The van der Waals surface area contributed by atoms with Crippen molar-refractivity contribution in [1.29, 1.82) is 0 Å². The number of urea groups is 1. The predicted octanol–water partition coefficient (Wildman–Crippen LogP) is -0.235. The van der Waals surface area contributed by atoms with Gasteiger partial charge >= 0.3 is 18.0 Å². The Labute approximate surface area is 177 Å². The lowest BCUT2D eigenvalue weighted by Gasteiger charge is -2.14. The van der Waals surface area contributed by atoms with Crippen LogP contribution in [0.5, 0.6) is 0 Å². The summed E-state index contributed by atoms with van der Waals surface area (Å²) >= 11 is 0. The van der Waals surface area contributed by atoms with Gasteiger partial charge in [-0.05, 0) is 6.42 Å². The Morgan fingerprint density at radius 1 is 1.16 bits per heavy atom. The molecule has 0 aliphatic rings. The van der Waals surface area contributed by atoms with E-state index in [2.05, 4.69) is 20.6 Å². The van der Waals surface area contributed by atoms with Crippen LogP contribution in [0.1, 0.15) is 23.3 Å². The van der Waals surface area contributed by atoms with Gasteiger partial charge in [0.05, 0.1) is 17.6 Å². The van der Waals surface area contributed by atoms with Gasteiger partial charge in [-0.25, -0.2) is 19.0 Å². The van der Waals surface area contributed by atoms with Gasteiger partial charge in [0, 0.05) is 18.6 Å². The molecule has 0 aliphatic carbocycles. The van der Waals surface area contributed by atoms with E-state index >= 15 is 0 Å². The topological polar surface area (TPSA) is 243 Å². The van der Waals surface area contributed by atoms with Crippen LogP contribution >= 0.6 is 0 Å². The highest BCUT2D eigenvalue weighted by Crippen LogP contribution is 2.16. The lowest BCUT2D eigenvalue weighted by atomic mass is 10.1. The van der Waals surface area contributed by atoms with Gasteiger partial charge in [-0.1, -0.05) is 0 Å². The number of nitrogens with zero attached hydrogens (tertiary/aromatic N) is 1. The predicted molar refractivity (Wildman–Crippen MR) is 108 cm³/mol. The molecule has 0 spiro atoms. The number of H-pyrrole nitrogens is 1. The van der Waals surface area contributed by atoms with Gasteiger partial charge in [0.1, 0.15) is 17.5 Å². The third-order valence-corrected chi connectivity index (χ3v) is 3.89. The molecule has 0 bridgehead atoms. The highest BCUT2D eigenvalue weighted by molar-refractivity contribution is 6.02. The van der Waals surface area contributed by atoms with E-state index in [0.717, 1.165) is 12.3 Å². The smallest absolute Gasteiger partial charge is 0.326 e. The van der Waals surface area contributed by atoms with Crippen LogP contribution in [0.4, 0.5) is 32.1 Å². The second kappa shape index (κ2) is 9.88. The van der Waals surface area contributed by atoms with E-state index in [4.69, 9.17) is 21.7 Å². The van der Waals surface area contributed by atoms with Crippen LogP contribution in [0.25, 0.3) is 0 Å². The molecule has 0 aliphatic heterocycles. The van der Waals surface area contributed by atoms with Gasteiger partial charge < -0.3 is 42.6 Å². The van der Waals surface area contributed by atoms with Gasteiger partial charge in [0.15, 0.2) is 11.5 Å². The van der Waals surface area contributed by atoms with Gasteiger partial charge in [-0.15, -0.1) is 0 Å². The zero-order valence-corrected chi connectivity index (χ0v) is 16.1. The molecule has 0 unspecified atom stereocenters. The fourth-order valence-electron chi connectivity index (χ4n) is 2.43. The second-order valence-electron chi connectivity index (χ2n) is 6.31. The molecule has 0 aromatic carbocycles. The van der Waals surface area contributed by atoms with Crippen LogP contribution in [0.3, 0.4) is 0 Å². The van der Waals surface area contributed by atoms with E-state index in [9.17, 15) is 28.4 Å².